The Morgan fingerprint density at radius 3 is 2.32 bits per heavy atom. The van der Waals surface area contributed by atoms with Crippen LogP contribution in [0.1, 0.15) is 25.8 Å². The van der Waals surface area contributed by atoms with Gasteiger partial charge in [0.2, 0.25) is 9.84 Å². The molecule has 1 aromatic carbocycles. The molecule has 0 N–H and O–H groups in total. The molecule has 1 aromatic rings. The summed E-state index contributed by atoms with van der Waals surface area (Å²) in [4.78, 5) is 11.2. The summed E-state index contributed by atoms with van der Waals surface area (Å²) in [7, 11) is -4.67. The lowest BCUT2D eigenvalue weighted by Gasteiger charge is -2.10. The number of alkyl halides is 2. The number of ketones is 1. The Kier molecular flexibility index (Phi) is 5.17. The van der Waals surface area contributed by atoms with E-state index in [1.807, 2.05) is 13.8 Å². The van der Waals surface area contributed by atoms with Crippen molar-refractivity contribution in [1.29, 1.82) is 0 Å². The Balaban J connectivity index is 3.07. The molecule has 0 aliphatic rings. The molecule has 0 spiro atoms. The van der Waals surface area contributed by atoms with Crippen LogP contribution in [0.4, 0.5) is 8.78 Å². The first-order valence-corrected chi connectivity index (χ1v) is 7.41. The molecule has 0 aliphatic heterocycles. The van der Waals surface area contributed by atoms with E-state index in [2.05, 4.69) is 0 Å². The number of benzene rings is 1. The lowest BCUT2D eigenvalue weighted by atomic mass is 10.0. The molecule has 0 aliphatic carbocycles. The molecule has 0 atom stereocenters. The van der Waals surface area contributed by atoms with E-state index < -0.39 is 20.5 Å². The second kappa shape index (κ2) is 6.23. The lowest BCUT2D eigenvalue weighted by molar-refractivity contribution is -0.119. The van der Waals surface area contributed by atoms with Crippen LogP contribution in [0.2, 0.25) is 0 Å². The monoisotopic (exact) mass is 290 g/mol. The van der Waals surface area contributed by atoms with Crippen LogP contribution in [0.3, 0.4) is 0 Å². The van der Waals surface area contributed by atoms with Gasteiger partial charge in [-0.25, -0.2) is 8.42 Å². The van der Waals surface area contributed by atoms with Gasteiger partial charge in [0.25, 0.3) is 0 Å². The van der Waals surface area contributed by atoms with Gasteiger partial charge in [-0.15, -0.1) is 0 Å². The molecule has 0 aromatic heterocycles. The van der Waals surface area contributed by atoms with E-state index in [9.17, 15) is 22.0 Å². The summed E-state index contributed by atoms with van der Waals surface area (Å²) in [5.41, 5.74) is 0.133. The predicted octanol–water partition coefficient (Wildman–Crippen LogP) is 2.84. The summed E-state index contributed by atoms with van der Waals surface area (Å²) in [6, 6.07) is 5.40. The van der Waals surface area contributed by atoms with Gasteiger partial charge in [0.15, 0.2) is 0 Å². The number of Topliss-reactive ketones (excluding diaryl/α,β-unsaturated/α-hetero) is 1. The van der Waals surface area contributed by atoms with Crippen molar-refractivity contribution in [3.63, 3.8) is 0 Å². The first-order valence-electron chi connectivity index (χ1n) is 5.86. The zero-order valence-corrected chi connectivity index (χ0v) is 11.6. The smallest absolute Gasteiger partial charge is 0.299 e. The maximum atomic E-state index is 12.6. The van der Waals surface area contributed by atoms with E-state index in [0.29, 0.717) is 6.42 Å². The van der Waals surface area contributed by atoms with Crippen molar-refractivity contribution >= 4 is 15.6 Å². The highest BCUT2D eigenvalue weighted by molar-refractivity contribution is 7.91. The Morgan fingerprint density at radius 2 is 1.79 bits per heavy atom. The summed E-state index contributed by atoms with van der Waals surface area (Å²) in [6.07, 6.45) is 0.156. The number of halogens is 2. The van der Waals surface area contributed by atoms with Gasteiger partial charge in [0.05, 0.1) is 4.90 Å². The topological polar surface area (TPSA) is 51.2 Å². The van der Waals surface area contributed by atoms with Crippen LogP contribution in [0, 0.1) is 5.92 Å². The molecule has 0 saturated heterocycles. The van der Waals surface area contributed by atoms with E-state index >= 15 is 0 Å². The maximum Gasteiger partial charge on any atom is 0.341 e. The molecule has 0 amide bonds. The molecule has 19 heavy (non-hydrogen) atoms. The first kappa shape index (κ1) is 15.8. The summed E-state index contributed by atoms with van der Waals surface area (Å²) in [5.74, 6) is -3.49. The van der Waals surface area contributed by atoms with Crippen molar-refractivity contribution in [2.45, 2.75) is 37.3 Å². The summed E-state index contributed by atoms with van der Waals surface area (Å²) in [6.45, 7) is 3.72. The third-order valence-electron chi connectivity index (χ3n) is 2.54. The number of sulfone groups is 1. The normalized spacial score (nSPS) is 12.1. The minimum atomic E-state index is -4.67. The molecule has 1 rings (SSSR count). The van der Waals surface area contributed by atoms with Gasteiger partial charge in [0.1, 0.15) is 5.78 Å². The number of carbonyl (C=O) groups is 1. The van der Waals surface area contributed by atoms with Crippen molar-refractivity contribution in [1.82, 2.24) is 0 Å². The minimum Gasteiger partial charge on any atom is -0.299 e. The van der Waals surface area contributed by atoms with Gasteiger partial charge in [-0.3, -0.25) is 4.79 Å². The molecule has 0 bridgehead atoms. The second-order valence-electron chi connectivity index (χ2n) is 4.73. The molecule has 0 heterocycles. The van der Waals surface area contributed by atoms with E-state index in [1.165, 1.54) is 18.2 Å². The van der Waals surface area contributed by atoms with E-state index in [-0.39, 0.29) is 23.7 Å². The van der Waals surface area contributed by atoms with Gasteiger partial charge >= 0.3 is 5.76 Å². The van der Waals surface area contributed by atoms with E-state index in [1.54, 1.807) is 0 Å². The fraction of sp³-hybridized carbons (Fsp3) is 0.462. The lowest BCUT2D eigenvalue weighted by Crippen LogP contribution is -2.15. The summed E-state index contributed by atoms with van der Waals surface area (Å²) < 4.78 is 48.1. The van der Waals surface area contributed by atoms with Crippen LogP contribution in [0.25, 0.3) is 0 Å². The average molecular weight is 290 g/mol. The second-order valence-corrected chi connectivity index (χ2v) is 6.61. The predicted molar refractivity (Wildman–Crippen MR) is 67.8 cm³/mol. The van der Waals surface area contributed by atoms with Crippen LogP contribution >= 0.6 is 0 Å². The van der Waals surface area contributed by atoms with E-state index in [0.717, 1.165) is 6.07 Å². The Labute approximate surface area is 111 Å². The summed E-state index contributed by atoms with van der Waals surface area (Å²) >= 11 is 0. The van der Waals surface area contributed by atoms with Crippen LogP contribution in [0.5, 0.6) is 0 Å². The Morgan fingerprint density at radius 1 is 1.21 bits per heavy atom. The standard InChI is InChI=1S/C13H16F2O3S/c1-9(2)7-11(16)8-10-5-3-4-6-12(10)19(17,18)13(14)15/h3-6,9,13H,7-8H2,1-2H3. The van der Waals surface area contributed by atoms with Crippen molar-refractivity contribution in [3.8, 4) is 0 Å². The number of carbonyl (C=O) groups excluding carboxylic acids is 1. The van der Waals surface area contributed by atoms with Gasteiger partial charge < -0.3 is 0 Å². The molecule has 3 nitrogen and oxygen atoms in total. The van der Waals surface area contributed by atoms with Crippen LogP contribution in [-0.2, 0) is 21.1 Å². The molecular weight excluding hydrogens is 274 g/mol. The maximum absolute atomic E-state index is 12.6. The van der Waals surface area contributed by atoms with Gasteiger partial charge in [-0.05, 0) is 17.5 Å². The third-order valence-corrected chi connectivity index (χ3v) is 4.02. The SMILES string of the molecule is CC(C)CC(=O)Cc1ccccc1S(=O)(=O)C(F)F. The van der Waals surface area contributed by atoms with E-state index in [4.69, 9.17) is 0 Å². The quantitative estimate of drug-likeness (QED) is 0.809. The Bertz CT molecular complexity index is 551. The van der Waals surface area contributed by atoms with Crippen molar-refractivity contribution in [2.75, 3.05) is 0 Å². The molecule has 106 valence electrons. The zero-order valence-electron chi connectivity index (χ0n) is 10.8. The first-order chi connectivity index (χ1) is 8.75. The van der Waals surface area contributed by atoms with Gasteiger partial charge in [-0.1, -0.05) is 32.0 Å². The average Bonchev–Trinajstić information content (AvgIpc) is 2.27. The van der Waals surface area contributed by atoms with Crippen LogP contribution in [-0.4, -0.2) is 20.0 Å². The van der Waals surface area contributed by atoms with Crippen molar-refractivity contribution in [2.24, 2.45) is 5.92 Å². The highest BCUT2D eigenvalue weighted by Gasteiger charge is 2.29. The Hall–Kier alpha value is -1.30. The van der Waals surface area contributed by atoms with Crippen LogP contribution in [0.15, 0.2) is 29.2 Å². The van der Waals surface area contributed by atoms with Crippen molar-refractivity contribution < 1.29 is 22.0 Å². The highest BCUT2D eigenvalue weighted by Crippen LogP contribution is 2.23. The minimum absolute atomic E-state index is 0.133. The number of hydrogen-bond donors (Lipinski definition) is 0. The molecule has 6 heteroatoms. The van der Waals surface area contributed by atoms with Crippen molar-refractivity contribution in [3.05, 3.63) is 29.8 Å². The molecule has 0 radical (unpaired) electrons. The fourth-order valence-electron chi connectivity index (χ4n) is 1.76. The van der Waals surface area contributed by atoms with Gasteiger partial charge in [0, 0.05) is 12.8 Å². The summed E-state index contributed by atoms with van der Waals surface area (Å²) in [5, 5.41) is 0. The van der Waals surface area contributed by atoms with Crippen LogP contribution < -0.4 is 0 Å². The molecule has 0 fully saturated rings. The van der Waals surface area contributed by atoms with Gasteiger partial charge in [-0.2, -0.15) is 8.78 Å². The zero-order chi connectivity index (χ0) is 14.6. The molecular formula is C13H16F2O3S. The highest BCUT2D eigenvalue weighted by atomic mass is 32.2. The largest absolute Gasteiger partial charge is 0.341 e. The number of hydrogen-bond acceptors (Lipinski definition) is 3. The number of rotatable bonds is 6. The third kappa shape index (κ3) is 4.09. The molecule has 0 unspecified atom stereocenters. The molecule has 0 saturated carbocycles. The fourth-order valence-corrected chi connectivity index (χ4v) is 2.73.